The summed E-state index contributed by atoms with van der Waals surface area (Å²) < 4.78 is 8.00. The number of aliphatic hydroxyl groups is 1. The third kappa shape index (κ3) is 2.67. The number of halogens is 1. The Bertz CT molecular complexity index is 1470. The van der Waals surface area contributed by atoms with E-state index in [0.29, 0.717) is 29.1 Å². The molecule has 2 radical (unpaired) electrons. The van der Waals surface area contributed by atoms with Crippen molar-refractivity contribution in [3.63, 3.8) is 0 Å². The third-order valence-electron chi connectivity index (χ3n) is 7.54. The summed E-state index contributed by atoms with van der Waals surface area (Å²) >= 11 is -0.611. The van der Waals surface area contributed by atoms with Crippen molar-refractivity contribution in [2.45, 2.75) is 57.9 Å². The van der Waals surface area contributed by atoms with Crippen LogP contribution >= 0.6 is 0 Å². The Morgan fingerprint density at radius 1 is 1.33 bits per heavy atom. The molecule has 2 aromatic heterocycles. The maximum absolute atomic E-state index is 13.5. The third-order valence-corrected chi connectivity index (χ3v) is 9.33. The number of nitrogens with zero attached hydrogens (tertiary/aromatic N) is 2. The molecule has 1 aromatic carbocycles. The van der Waals surface area contributed by atoms with Crippen LogP contribution in [0.2, 0.25) is 0 Å². The summed E-state index contributed by atoms with van der Waals surface area (Å²) in [4.78, 5) is 30.9. The molecule has 33 heavy (non-hydrogen) atoms. The van der Waals surface area contributed by atoms with Gasteiger partial charge in [-0.2, -0.15) is 0 Å². The SMILES string of the molecule is [B][I-]c1cc2nc3c(c4c2c(c1C)CCC4N)Cn1c-3cc2c(c1=O)COC(=O)C2(O)CC. The summed E-state index contributed by atoms with van der Waals surface area (Å²) in [6.45, 7) is 4.05. The summed E-state index contributed by atoms with van der Waals surface area (Å²) in [6.07, 6.45) is 1.83. The Balaban J connectivity index is 1.70. The van der Waals surface area contributed by atoms with Gasteiger partial charge in [-0.1, -0.05) is 0 Å². The van der Waals surface area contributed by atoms with E-state index in [2.05, 4.69) is 13.0 Å². The van der Waals surface area contributed by atoms with Crippen molar-refractivity contribution >= 4 is 22.6 Å². The van der Waals surface area contributed by atoms with Crippen molar-refractivity contribution in [2.75, 3.05) is 0 Å². The van der Waals surface area contributed by atoms with Gasteiger partial charge in [-0.3, -0.25) is 0 Å². The van der Waals surface area contributed by atoms with Gasteiger partial charge in [0.15, 0.2) is 0 Å². The van der Waals surface area contributed by atoms with Crippen LogP contribution in [0.4, 0.5) is 0 Å². The second-order valence-electron chi connectivity index (χ2n) is 9.07. The number of hydrogen-bond donors (Lipinski definition) is 2. The van der Waals surface area contributed by atoms with Crippen LogP contribution in [0.5, 0.6) is 0 Å². The molecule has 2 aliphatic heterocycles. The molecule has 0 spiro atoms. The standard InChI is InChI=1S/C24H22BIN3O4/c1-3-24(32)14-6-18-21-12(8-29(18)22(30)13(14)9-33-23(24)31)19-16(27)5-4-11-10(2)15(26-25)7-17(28-21)20(11)19/h6-7,16,32H,3-5,8-9,27H2,1-2H3/q-1. The van der Waals surface area contributed by atoms with Crippen molar-refractivity contribution in [3.05, 3.63) is 59.4 Å². The number of carbonyl (C=O) groups excluding carboxylic acids is 1. The number of benzene rings is 1. The van der Waals surface area contributed by atoms with E-state index >= 15 is 0 Å². The van der Waals surface area contributed by atoms with Crippen LogP contribution in [0.3, 0.4) is 0 Å². The fraction of sp³-hybridized carbons (Fsp3) is 0.375. The number of ether oxygens (including phenoxy) is 1. The molecule has 0 saturated carbocycles. The van der Waals surface area contributed by atoms with Crippen LogP contribution < -0.4 is 32.3 Å². The summed E-state index contributed by atoms with van der Waals surface area (Å²) in [5.41, 5.74) is 18.0. The first-order valence-corrected chi connectivity index (χ1v) is 13.4. The molecule has 0 fully saturated rings. The van der Waals surface area contributed by atoms with Crippen LogP contribution in [0.15, 0.2) is 16.9 Å². The van der Waals surface area contributed by atoms with Crippen molar-refractivity contribution in [3.8, 4) is 11.4 Å². The van der Waals surface area contributed by atoms with Crippen LogP contribution in [-0.2, 0) is 34.7 Å². The summed E-state index contributed by atoms with van der Waals surface area (Å²) in [7, 11) is 0. The number of aromatic nitrogens is 2. The minimum atomic E-state index is -1.84. The molecule has 6 rings (SSSR count). The van der Waals surface area contributed by atoms with Gasteiger partial charge in [-0.25, -0.2) is 0 Å². The van der Waals surface area contributed by atoms with Crippen molar-refractivity contribution in [1.82, 2.24) is 9.55 Å². The van der Waals surface area contributed by atoms with E-state index in [-0.39, 0.29) is 24.6 Å². The number of nitrogens with two attached hydrogens (primary N) is 1. The molecule has 2 atom stereocenters. The first-order chi connectivity index (χ1) is 15.8. The number of rotatable bonds is 2. The van der Waals surface area contributed by atoms with Crippen LogP contribution in [0.25, 0.3) is 22.3 Å². The normalized spacial score (nSPS) is 22.8. The van der Waals surface area contributed by atoms with Crippen molar-refractivity contribution < 1.29 is 35.6 Å². The Morgan fingerprint density at radius 3 is 2.85 bits per heavy atom. The summed E-state index contributed by atoms with van der Waals surface area (Å²) in [5, 5.41) is 12.2. The van der Waals surface area contributed by atoms with Gasteiger partial charge in [0, 0.05) is 0 Å². The molecular formula is C24H22BIN3O4-. The zero-order valence-electron chi connectivity index (χ0n) is 18.4. The molecule has 0 bridgehead atoms. The van der Waals surface area contributed by atoms with E-state index in [4.69, 9.17) is 21.2 Å². The predicted octanol–water partition coefficient (Wildman–Crippen LogP) is -1.32. The second kappa shape index (κ2) is 7.13. The van der Waals surface area contributed by atoms with Gasteiger partial charge in [-0.15, -0.1) is 0 Å². The molecule has 168 valence electrons. The fourth-order valence-electron chi connectivity index (χ4n) is 5.70. The molecule has 0 saturated heterocycles. The molecule has 2 unspecified atom stereocenters. The van der Waals surface area contributed by atoms with E-state index in [1.165, 1.54) is 11.1 Å². The number of hydrogen-bond acceptors (Lipinski definition) is 6. The molecule has 1 aliphatic carbocycles. The van der Waals surface area contributed by atoms with E-state index in [9.17, 15) is 14.7 Å². The Hall–Kier alpha value is -2.24. The van der Waals surface area contributed by atoms with Gasteiger partial charge in [0.25, 0.3) is 0 Å². The quantitative estimate of drug-likeness (QED) is 0.181. The Labute approximate surface area is 201 Å². The van der Waals surface area contributed by atoms with Gasteiger partial charge in [0.05, 0.1) is 0 Å². The maximum atomic E-state index is 13.5. The van der Waals surface area contributed by atoms with E-state index in [1.807, 2.05) is 0 Å². The number of fused-ring (bicyclic) bond motifs is 5. The number of esters is 1. The molecular weight excluding hydrogens is 532 g/mol. The van der Waals surface area contributed by atoms with E-state index in [1.54, 1.807) is 17.6 Å². The van der Waals surface area contributed by atoms with Gasteiger partial charge in [0.2, 0.25) is 0 Å². The molecule has 3 aliphatic rings. The summed E-state index contributed by atoms with van der Waals surface area (Å²) in [6, 6.07) is 3.67. The summed E-state index contributed by atoms with van der Waals surface area (Å²) in [5.74, 6) is -0.722. The minimum absolute atomic E-state index is 0.113. The molecule has 9 heteroatoms. The van der Waals surface area contributed by atoms with Crippen molar-refractivity contribution in [1.29, 1.82) is 0 Å². The zero-order valence-corrected chi connectivity index (χ0v) is 20.5. The number of pyridine rings is 2. The molecule has 0 amide bonds. The van der Waals surface area contributed by atoms with Gasteiger partial charge < -0.3 is 0 Å². The zero-order chi connectivity index (χ0) is 23.2. The molecule has 4 heterocycles. The van der Waals surface area contributed by atoms with Crippen LogP contribution in [0, 0.1) is 10.5 Å². The fourth-order valence-corrected chi connectivity index (χ4v) is 6.97. The average molecular weight is 554 g/mol. The number of aryl methyl sites for hydroxylation is 1. The first-order valence-electron chi connectivity index (χ1n) is 11.0. The Morgan fingerprint density at radius 2 is 2.12 bits per heavy atom. The van der Waals surface area contributed by atoms with Gasteiger partial charge >= 0.3 is 202 Å². The van der Waals surface area contributed by atoms with Crippen LogP contribution in [0.1, 0.15) is 59.2 Å². The number of cyclic esters (lactones) is 1. The predicted molar refractivity (Wildman–Crippen MR) is 119 cm³/mol. The van der Waals surface area contributed by atoms with Crippen molar-refractivity contribution in [2.24, 2.45) is 5.73 Å². The average Bonchev–Trinajstić information content (AvgIpc) is 3.18. The Kier molecular flexibility index (Phi) is 4.61. The number of carbonyl (C=O) groups is 1. The molecule has 7 nitrogen and oxygen atoms in total. The van der Waals surface area contributed by atoms with Crippen LogP contribution in [-0.4, -0.2) is 26.3 Å². The monoisotopic (exact) mass is 554 g/mol. The molecule has 3 N–H and O–H groups in total. The molecule has 3 aromatic rings. The van der Waals surface area contributed by atoms with E-state index < -0.39 is 32.6 Å². The van der Waals surface area contributed by atoms with Gasteiger partial charge in [0.1, 0.15) is 0 Å². The second-order valence-corrected chi connectivity index (χ2v) is 10.9. The van der Waals surface area contributed by atoms with E-state index in [0.717, 1.165) is 38.4 Å². The topological polar surface area (TPSA) is 107 Å². The first kappa shape index (κ1) is 21.3. The van der Waals surface area contributed by atoms with Gasteiger partial charge in [-0.05, 0) is 0 Å².